The SMILES string of the molecule is C=CCN(Cc1cccc(CNC(C)C)n1)C1CC1. The van der Waals surface area contributed by atoms with Crippen LogP contribution in [0, 0.1) is 0 Å². The standard InChI is InChI=1S/C16H25N3/c1-4-10-19(16-8-9-16)12-15-7-5-6-14(18-15)11-17-13(2)3/h4-7,13,16-17H,1,8-12H2,2-3H3. The van der Waals surface area contributed by atoms with Crippen molar-refractivity contribution in [1.29, 1.82) is 0 Å². The average molecular weight is 259 g/mol. The van der Waals surface area contributed by atoms with Crippen molar-refractivity contribution in [2.75, 3.05) is 6.54 Å². The Morgan fingerprint density at radius 3 is 2.79 bits per heavy atom. The molecule has 0 bridgehead atoms. The molecule has 1 heterocycles. The first kappa shape index (κ1) is 14.2. The zero-order chi connectivity index (χ0) is 13.7. The molecular weight excluding hydrogens is 234 g/mol. The number of hydrogen-bond acceptors (Lipinski definition) is 3. The molecule has 0 amide bonds. The van der Waals surface area contributed by atoms with Gasteiger partial charge < -0.3 is 5.32 Å². The highest BCUT2D eigenvalue weighted by Crippen LogP contribution is 2.27. The van der Waals surface area contributed by atoms with Crippen molar-refractivity contribution in [3.63, 3.8) is 0 Å². The topological polar surface area (TPSA) is 28.2 Å². The molecule has 0 aromatic carbocycles. The lowest BCUT2D eigenvalue weighted by atomic mass is 10.2. The molecule has 1 N–H and O–H groups in total. The smallest absolute Gasteiger partial charge is 0.0548 e. The summed E-state index contributed by atoms with van der Waals surface area (Å²) < 4.78 is 0. The lowest BCUT2D eigenvalue weighted by molar-refractivity contribution is 0.280. The summed E-state index contributed by atoms with van der Waals surface area (Å²) in [5, 5.41) is 3.41. The molecule has 104 valence electrons. The van der Waals surface area contributed by atoms with Crippen LogP contribution in [0.3, 0.4) is 0 Å². The summed E-state index contributed by atoms with van der Waals surface area (Å²) in [6.07, 6.45) is 4.63. The van der Waals surface area contributed by atoms with Gasteiger partial charge >= 0.3 is 0 Å². The normalized spacial score (nSPS) is 15.2. The van der Waals surface area contributed by atoms with E-state index >= 15 is 0 Å². The summed E-state index contributed by atoms with van der Waals surface area (Å²) in [5.74, 6) is 0. The third-order valence-corrected chi connectivity index (χ3v) is 3.35. The molecular formula is C16H25N3. The van der Waals surface area contributed by atoms with Crippen molar-refractivity contribution in [1.82, 2.24) is 15.2 Å². The van der Waals surface area contributed by atoms with Gasteiger partial charge in [-0.05, 0) is 25.0 Å². The fourth-order valence-electron chi connectivity index (χ4n) is 2.18. The van der Waals surface area contributed by atoms with Crippen molar-refractivity contribution in [2.24, 2.45) is 0 Å². The van der Waals surface area contributed by atoms with Crippen molar-refractivity contribution in [3.05, 3.63) is 42.2 Å². The van der Waals surface area contributed by atoms with Crippen LogP contribution in [0.15, 0.2) is 30.9 Å². The van der Waals surface area contributed by atoms with Crippen molar-refractivity contribution in [2.45, 2.75) is 51.9 Å². The van der Waals surface area contributed by atoms with E-state index < -0.39 is 0 Å². The van der Waals surface area contributed by atoms with Gasteiger partial charge in [0.05, 0.1) is 11.4 Å². The minimum Gasteiger partial charge on any atom is -0.309 e. The highest BCUT2D eigenvalue weighted by molar-refractivity contribution is 5.12. The Morgan fingerprint density at radius 1 is 1.42 bits per heavy atom. The van der Waals surface area contributed by atoms with Crippen LogP contribution in [0.5, 0.6) is 0 Å². The van der Waals surface area contributed by atoms with Crippen molar-refractivity contribution in [3.8, 4) is 0 Å². The maximum Gasteiger partial charge on any atom is 0.0548 e. The second-order valence-corrected chi connectivity index (χ2v) is 5.61. The Morgan fingerprint density at radius 2 is 2.16 bits per heavy atom. The summed E-state index contributed by atoms with van der Waals surface area (Å²) >= 11 is 0. The third-order valence-electron chi connectivity index (χ3n) is 3.35. The average Bonchev–Trinajstić information content (AvgIpc) is 3.21. The summed E-state index contributed by atoms with van der Waals surface area (Å²) in [6, 6.07) is 7.57. The number of pyridine rings is 1. The molecule has 0 radical (unpaired) electrons. The van der Waals surface area contributed by atoms with E-state index in [0.717, 1.165) is 37.1 Å². The van der Waals surface area contributed by atoms with Crippen LogP contribution < -0.4 is 5.32 Å². The van der Waals surface area contributed by atoms with Gasteiger partial charge in [-0.1, -0.05) is 26.0 Å². The molecule has 1 aliphatic rings. The minimum absolute atomic E-state index is 0.495. The third kappa shape index (κ3) is 4.77. The maximum absolute atomic E-state index is 4.74. The van der Waals surface area contributed by atoms with E-state index in [0.29, 0.717) is 6.04 Å². The van der Waals surface area contributed by atoms with E-state index in [9.17, 15) is 0 Å². The van der Waals surface area contributed by atoms with Crippen molar-refractivity contribution >= 4 is 0 Å². The molecule has 1 saturated carbocycles. The van der Waals surface area contributed by atoms with Gasteiger partial charge in [-0.3, -0.25) is 9.88 Å². The molecule has 3 heteroatoms. The fraction of sp³-hybridized carbons (Fsp3) is 0.562. The fourth-order valence-corrected chi connectivity index (χ4v) is 2.18. The number of hydrogen-bond donors (Lipinski definition) is 1. The van der Waals surface area contributed by atoms with Crippen molar-refractivity contribution < 1.29 is 0 Å². The van der Waals surface area contributed by atoms with Crippen LogP contribution in [-0.4, -0.2) is 28.5 Å². The Kier molecular flexibility index (Phi) is 5.11. The quantitative estimate of drug-likeness (QED) is 0.728. The highest BCUT2D eigenvalue weighted by atomic mass is 15.2. The van der Waals surface area contributed by atoms with Crippen LogP contribution in [0.4, 0.5) is 0 Å². The largest absolute Gasteiger partial charge is 0.309 e. The second-order valence-electron chi connectivity index (χ2n) is 5.61. The predicted molar refractivity (Wildman–Crippen MR) is 79.8 cm³/mol. The van der Waals surface area contributed by atoms with Crippen LogP contribution in [0.1, 0.15) is 38.1 Å². The molecule has 19 heavy (non-hydrogen) atoms. The summed E-state index contributed by atoms with van der Waals surface area (Å²) in [5.41, 5.74) is 2.29. The van der Waals surface area contributed by atoms with E-state index in [4.69, 9.17) is 4.98 Å². The highest BCUT2D eigenvalue weighted by Gasteiger charge is 2.28. The molecule has 1 aliphatic carbocycles. The second kappa shape index (κ2) is 6.83. The van der Waals surface area contributed by atoms with Crippen LogP contribution >= 0.6 is 0 Å². The summed E-state index contributed by atoms with van der Waals surface area (Å²) in [7, 11) is 0. The summed E-state index contributed by atoms with van der Waals surface area (Å²) in [6.45, 7) is 10.9. The summed E-state index contributed by atoms with van der Waals surface area (Å²) in [4.78, 5) is 7.21. The predicted octanol–water partition coefficient (Wildman–Crippen LogP) is 2.73. The Labute approximate surface area is 116 Å². The molecule has 3 nitrogen and oxygen atoms in total. The lowest BCUT2D eigenvalue weighted by Gasteiger charge is -2.19. The van der Waals surface area contributed by atoms with Gasteiger partial charge in [-0.25, -0.2) is 0 Å². The monoisotopic (exact) mass is 259 g/mol. The molecule has 1 aromatic rings. The molecule has 0 unspecified atom stereocenters. The molecule has 2 rings (SSSR count). The molecule has 0 spiro atoms. The lowest BCUT2D eigenvalue weighted by Crippen LogP contribution is -2.26. The molecule has 0 aliphatic heterocycles. The number of nitrogens with zero attached hydrogens (tertiary/aromatic N) is 2. The van der Waals surface area contributed by atoms with Gasteiger partial charge in [-0.2, -0.15) is 0 Å². The van der Waals surface area contributed by atoms with Gasteiger partial charge in [-0.15, -0.1) is 6.58 Å². The van der Waals surface area contributed by atoms with Gasteiger partial charge in [0, 0.05) is 31.7 Å². The van der Waals surface area contributed by atoms with Gasteiger partial charge in [0.2, 0.25) is 0 Å². The zero-order valence-electron chi connectivity index (χ0n) is 12.1. The minimum atomic E-state index is 0.495. The van der Waals surface area contributed by atoms with E-state index in [2.05, 4.69) is 48.8 Å². The van der Waals surface area contributed by atoms with E-state index in [-0.39, 0.29) is 0 Å². The van der Waals surface area contributed by atoms with E-state index in [1.165, 1.54) is 12.8 Å². The Balaban J connectivity index is 1.95. The Bertz CT molecular complexity index is 410. The van der Waals surface area contributed by atoms with Gasteiger partial charge in [0.1, 0.15) is 0 Å². The maximum atomic E-state index is 4.74. The van der Waals surface area contributed by atoms with Crippen LogP contribution in [0.25, 0.3) is 0 Å². The first-order valence-corrected chi connectivity index (χ1v) is 7.22. The first-order chi connectivity index (χ1) is 9.19. The molecule has 0 saturated heterocycles. The number of nitrogens with one attached hydrogen (secondary N) is 1. The number of aromatic nitrogens is 1. The molecule has 1 fully saturated rings. The van der Waals surface area contributed by atoms with Gasteiger partial charge in [0.25, 0.3) is 0 Å². The van der Waals surface area contributed by atoms with Gasteiger partial charge in [0.15, 0.2) is 0 Å². The van der Waals surface area contributed by atoms with Crippen LogP contribution in [0.2, 0.25) is 0 Å². The van der Waals surface area contributed by atoms with Crippen LogP contribution in [-0.2, 0) is 13.1 Å². The molecule has 0 atom stereocenters. The first-order valence-electron chi connectivity index (χ1n) is 7.22. The molecule has 1 aromatic heterocycles. The zero-order valence-corrected chi connectivity index (χ0v) is 12.1. The Hall–Kier alpha value is -1.19. The van der Waals surface area contributed by atoms with E-state index in [1.807, 2.05) is 6.08 Å². The van der Waals surface area contributed by atoms with E-state index in [1.54, 1.807) is 0 Å². The number of rotatable bonds is 8.